The highest BCUT2D eigenvalue weighted by Crippen LogP contribution is 2.38. The van der Waals surface area contributed by atoms with Crippen molar-refractivity contribution in [2.45, 2.75) is 44.7 Å². The molecule has 0 aromatic heterocycles. The van der Waals surface area contributed by atoms with E-state index in [0.29, 0.717) is 29.2 Å². The van der Waals surface area contributed by atoms with Crippen LogP contribution in [0.4, 0.5) is 4.79 Å². The zero-order chi connectivity index (χ0) is 20.4. The number of urea groups is 1. The minimum absolute atomic E-state index is 0.0222. The van der Waals surface area contributed by atoms with Crippen LogP contribution in [-0.4, -0.2) is 48.6 Å². The molecule has 154 valence electrons. The Labute approximate surface area is 169 Å². The number of cyclic esters (lactones) is 1. The van der Waals surface area contributed by atoms with Crippen molar-refractivity contribution >= 4 is 17.9 Å². The van der Waals surface area contributed by atoms with Gasteiger partial charge in [0.2, 0.25) is 5.91 Å². The van der Waals surface area contributed by atoms with Gasteiger partial charge in [0.25, 0.3) is 0 Å². The van der Waals surface area contributed by atoms with Crippen LogP contribution in [0, 0.1) is 0 Å². The topological polar surface area (TPSA) is 97.0 Å². The second-order valence-electron chi connectivity index (χ2n) is 7.42. The number of amides is 3. The van der Waals surface area contributed by atoms with E-state index in [2.05, 4.69) is 10.6 Å². The van der Waals surface area contributed by atoms with Gasteiger partial charge >= 0.3 is 12.0 Å². The lowest BCUT2D eigenvalue weighted by molar-refractivity contribution is -0.136. The molecule has 8 nitrogen and oxygen atoms in total. The molecule has 8 heteroatoms. The van der Waals surface area contributed by atoms with Crippen LogP contribution in [0.1, 0.15) is 44.2 Å². The molecule has 2 aliphatic heterocycles. The van der Waals surface area contributed by atoms with Gasteiger partial charge in [-0.25, -0.2) is 9.59 Å². The average Bonchev–Trinajstić information content (AvgIpc) is 3.35. The summed E-state index contributed by atoms with van der Waals surface area (Å²) in [5.74, 6) is -0.122. The third kappa shape index (κ3) is 3.79. The Bertz CT molecular complexity index is 860. The molecule has 0 spiro atoms. The minimum Gasteiger partial charge on any atom is -0.494 e. The molecule has 0 radical (unpaired) electrons. The van der Waals surface area contributed by atoms with Gasteiger partial charge in [0.15, 0.2) is 0 Å². The number of carbonyl (C=O) groups excluding carboxylic acids is 3. The monoisotopic (exact) mass is 399 g/mol. The first-order chi connectivity index (χ1) is 14.1. The summed E-state index contributed by atoms with van der Waals surface area (Å²) in [5.41, 5.74) is 1.48. The van der Waals surface area contributed by atoms with Crippen LogP contribution < -0.4 is 15.4 Å². The number of nitrogens with zero attached hydrogens (tertiary/aromatic N) is 1. The van der Waals surface area contributed by atoms with Crippen molar-refractivity contribution in [2.75, 3.05) is 19.8 Å². The minimum atomic E-state index is -0.676. The Morgan fingerprint density at radius 3 is 2.79 bits per heavy atom. The molecule has 2 heterocycles. The van der Waals surface area contributed by atoms with Gasteiger partial charge in [-0.3, -0.25) is 9.69 Å². The van der Waals surface area contributed by atoms with Crippen LogP contribution >= 0.6 is 0 Å². The molecule has 1 saturated carbocycles. The quantitative estimate of drug-likeness (QED) is 0.714. The third-order valence-corrected chi connectivity index (χ3v) is 5.55. The number of ether oxygens (including phenoxy) is 2. The van der Waals surface area contributed by atoms with Crippen molar-refractivity contribution in [2.24, 2.45) is 0 Å². The lowest BCUT2D eigenvalue weighted by Gasteiger charge is -2.33. The summed E-state index contributed by atoms with van der Waals surface area (Å²) in [7, 11) is 0. The molecule has 1 aromatic rings. The van der Waals surface area contributed by atoms with E-state index in [1.165, 1.54) is 4.90 Å². The van der Waals surface area contributed by atoms with Crippen molar-refractivity contribution in [3.8, 4) is 5.75 Å². The van der Waals surface area contributed by atoms with Gasteiger partial charge in [0.1, 0.15) is 18.9 Å². The zero-order valence-electron chi connectivity index (χ0n) is 16.4. The molecule has 3 amide bonds. The Balaban J connectivity index is 1.61. The zero-order valence-corrected chi connectivity index (χ0v) is 16.4. The summed E-state index contributed by atoms with van der Waals surface area (Å²) in [6.07, 6.45) is 4.13. The summed E-state index contributed by atoms with van der Waals surface area (Å²) >= 11 is 0. The number of benzene rings is 1. The van der Waals surface area contributed by atoms with Gasteiger partial charge in [0.05, 0.1) is 23.9 Å². The standard InChI is InChI=1S/C21H25N3O5/c1-2-28-16-10-6-5-9-14(16)19-18-15(12-29-20(18)26)24(21(27)23-19)11-17(25)22-13-7-3-4-8-13/h5-6,9-10,13,19H,2-4,7-8,11-12H2,1H3,(H,22,25)(H,23,27). The molecular formula is C21H25N3O5. The first-order valence-corrected chi connectivity index (χ1v) is 10.1. The van der Waals surface area contributed by atoms with Gasteiger partial charge < -0.3 is 20.1 Å². The molecule has 1 fully saturated rings. The van der Waals surface area contributed by atoms with E-state index < -0.39 is 18.0 Å². The SMILES string of the molecule is CCOc1ccccc1C1NC(=O)N(CC(=O)NC2CCCC2)C2=C1C(=O)OC2. The number of hydrogen-bond acceptors (Lipinski definition) is 5. The van der Waals surface area contributed by atoms with E-state index in [1.807, 2.05) is 25.1 Å². The Kier molecular flexibility index (Phi) is 5.42. The van der Waals surface area contributed by atoms with Gasteiger partial charge in [-0.05, 0) is 25.8 Å². The fraction of sp³-hybridized carbons (Fsp3) is 0.476. The van der Waals surface area contributed by atoms with Crippen LogP contribution in [0.15, 0.2) is 35.5 Å². The number of nitrogens with one attached hydrogen (secondary N) is 2. The van der Waals surface area contributed by atoms with Crippen LogP contribution in [0.2, 0.25) is 0 Å². The molecule has 0 bridgehead atoms. The molecule has 3 aliphatic rings. The van der Waals surface area contributed by atoms with Crippen molar-refractivity contribution in [3.63, 3.8) is 0 Å². The number of para-hydroxylation sites is 1. The third-order valence-electron chi connectivity index (χ3n) is 5.55. The van der Waals surface area contributed by atoms with Crippen LogP contribution in [0.5, 0.6) is 5.75 Å². The van der Waals surface area contributed by atoms with E-state index in [0.717, 1.165) is 25.7 Å². The molecule has 1 aliphatic carbocycles. The van der Waals surface area contributed by atoms with E-state index in [-0.39, 0.29) is 25.1 Å². The summed E-state index contributed by atoms with van der Waals surface area (Å²) in [6, 6.07) is 6.33. The predicted molar refractivity (Wildman–Crippen MR) is 104 cm³/mol. The van der Waals surface area contributed by atoms with Gasteiger partial charge in [-0.15, -0.1) is 0 Å². The first kappa shape index (κ1) is 19.3. The van der Waals surface area contributed by atoms with Crippen molar-refractivity contribution < 1.29 is 23.9 Å². The molecule has 1 atom stereocenters. The van der Waals surface area contributed by atoms with Crippen molar-refractivity contribution in [1.29, 1.82) is 0 Å². The van der Waals surface area contributed by atoms with Crippen LogP contribution in [-0.2, 0) is 14.3 Å². The highest BCUT2D eigenvalue weighted by Gasteiger charge is 2.43. The second-order valence-corrected chi connectivity index (χ2v) is 7.42. The highest BCUT2D eigenvalue weighted by atomic mass is 16.5. The number of carbonyl (C=O) groups is 3. The highest BCUT2D eigenvalue weighted by molar-refractivity contribution is 5.98. The summed E-state index contributed by atoms with van der Waals surface area (Å²) in [6.45, 7) is 2.17. The maximum atomic E-state index is 12.9. The lowest BCUT2D eigenvalue weighted by Crippen LogP contribution is -2.51. The summed E-state index contributed by atoms with van der Waals surface area (Å²) in [4.78, 5) is 39.1. The number of hydrogen-bond donors (Lipinski definition) is 2. The number of esters is 1. The van der Waals surface area contributed by atoms with Crippen molar-refractivity contribution in [3.05, 3.63) is 41.1 Å². The van der Waals surface area contributed by atoms with E-state index in [1.54, 1.807) is 6.07 Å². The molecule has 0 saturated heterocycles. The van der Waals surface area contributed by atoms with E-state index in [4.69, 9.17) is 9.47 Å². The second kappa shape index (κ2) is 8.14. The molecule has 29 heavy (non-hydrogen) atoms. The number of rotatable bonds is 6. The summed E-state index contributed by atoms with van der Waals surface area (Å²) in [5, 5.41) is 5.83. The molecule has 2 N–H and O–H groups in total. The molecule has 1 aromatic carbocycles. The largest absolute Gasteiger partial charge is 0.494 e. The van der Waals surface area contributed by atoms with Crippen LogP contribution in [0.3, 0.4) is 0 Å². The molecule has 1 unspecified atom stereocenters. The maximum absolute atomic E-state index is 12.9. The first-order valence-electron chi connectivity index (χ1n) is 10.1. The van der Waals surface area contributed by atoms with E-state index in [9.17, 15) is 14.4 Å². The van der Waals surface area contributed by atoms with Crippen molar-refractivity contribution in [1.82, 2.24) is 15.5 Å². The van der Waals surface area contributed by atoms with Crippen LogP contribution in [0.25, 0.3) is 0 Å². The molecule has 4 rings (SSSR count). The Morgan fingerprint density at radius 2 is 2.03 bits per heavy atom. The van der Waals surface area contributed by atoms with Gasteiger partial charge in [-0.2, -0.15) is 0 Å². The Morgan fingerprint density at radius 1 is 1.28 bits per heavy atom. The summed E-state index contributed by atoms with van der Waals surface area (Å²) < 4.78 is 10.9. The lowest BCUT2D eigenvalue weighted by atomic mass is 9.95. The maximum Gasteiger partial charge on any atom is 0.338 e. The fourth-order valence-corrected chi connectivity index (χ4v) is 4.20. The van der Waals surface area contributed by atoms with E-state index >= 15 is 0 Å². The fourth-order valence-electron chi connectivity index (χ4n) is 4.20. The van der Waals surface area contributed by atoms with Gasteiger partial charge in [-0.1, -0.05) is 31.0 Å². The van der Waals surface area contributed by atoms with Gasteiger partial charge in [0, 0.05) is 11.6 Å². The molecular weight excluding hydrogens is 374 g/mol. The smallest absolute Gasteiger partial charge is 0.338 e. The normalized spacial score (nSPS) is 21.7. The Hall–Kier alpha value is -3.03. The average molecular weight is 399 g/mol. The predicted octanol–water partition coefficient (Wildman–Crippen LogP) is 2.02.